The van der Waals surface area contributed by atoms with E-state index in [-0.39, 0.29) is 23.7 Å². The Bertz CT molecular complexity index is 536. The van der Waals surface area contributed by atoms with E-state index in [1.54, 1.807) is 17.0 Å². The monoisotopic (exact) mass is 307 g/mol. The molecule has 1 aromatic carbocycles. The van der Waals surface area contributed by atoms with Crippen LogP contribution in [0, 0.1) is 11.7 Å². The third-order valence-corrected chi connectivity index (χ3v) is 3.79. The minimum Gasteiger partial charge on any atom is -0.356 e. The molecular weight excluding hydrogens is 285 g/mol. The van der Waals surface area contributed by atoms with Crippen molar-refractivity contribution in [2.45, 2.75) is 26.2 Å². The van der Waals surface area contributed by atoms with Crippen molar-refractivity contribution in [2.24, 2.45) is 5.92 Å². The molecule has 6 heteroatoms. The maximum atomic E-state index is 13.1. The standard InChI is InChI=1S/C16H22FN3O2/c1-2-15(21)18-10-12-5-4-8-20(11-12)16(22)19-14-7-3-6-13(17)9-14/h3,6-7,9,12H,2,4-5,8,10-11H2,1H3,(H,18,21)(H,19,22). The lowest BCUT2D eigenvalue weighted by atomic mass is 9.98. The zero-order chi connectivity index (χ0) is 15.9. The number of likely N-dealkylation sites (tertiary alicyclic amines) is 1. The summed E-state index contributed by atoms with van der Waals surface area (Å²) in [6, 6.07) is 5.62. The van der Waals surface area contributed by atoms with Gasteiger partial charge in [-0.3, -0.25) is 4.79 Å². The Labute approximate surface area is 129 Å². The highest BCUT2D eigenvalue weighted by Gasteiger charge is 2.23. The average Bonchev–Trinajstić information content (AvgIpc) is 2.53. The molecule has 0 bridgehead atoms. The van der Waals surface area contributed by atoms with Crippen LogP contribution in [0.2, 0.25) is 0 Å². The van der Waals surface area contributed by atoms with Crippen molar-refractivity contribution in [3.8, 4) is 0 Å². The van der Waals surface area contributed by atoms with Gasteiger partial charge in [-0.1, -0.05) is 13.0 Å². The van der Waals surface area contributed by atoms with Gasteiger partial charge in [0.1, 0.15) is 5.82 Å². The van der Waals surface area contributed by atoms with Crippen LogP contribution in [0.15, 0.2) is 24.3 Å². The van der Waals surface area contributed by atoms with Crippen LogP contribution in [0.5, 0.6) is 0 Å². The zero-order valence-corrected chi connectivity index (χ0v) is 12.8. The van der Waals surface area contributed by atoms with E-state index in [1.807, 2.05) is 6.92 Å². The number of hydrogen-bond acceptors (Lipinski definition) is 2. The Morgan fingerprint density at radius 2 is 2.23 bits per heavy atom. The van der Waals surface area contributed by atoms with Crippen molar-refractivity contribution < 1.29 is 14.0 Å². The lowest BCUT2D eigenvalue weighted by Crippen LogP contribution is -2.45. The second kappa shape index (κ2) is 7.77. The first-order valence-corrected chi connectivity index (χ1v) is 7.66. The molecule has 2 rings (SSSR count). The van der Waals surface area contributed by atoms with E-state index in [0.717, 1.165) is 12.8 Å². The molecule has 1 heterocycles. The number of rotatable bonds is 4. The zero-order valence-electron chi connectivity index (χ0n) is 12.8. The first-order chi connectivity index (χ1) is 10.6. The summed E-state index contributed by atoms with van der Waals surface area (Å²) in [4.78, 5) is 25.2. The van der Waals surface area contributed by atoms with Crippen molar-refractivity contribution in [3.63, 3.8) is 0 Å². The van der Waals surface area contributed by atoms with Gasteiger partial charge < -0.3 is 15.5 Å². The fraction of sp³-hybridized carbons (Fsp3) is 0.500. The summed E-state index contributed by atoms with van der Waals surface area (Å²) in [7, 11) is 0. The number of hydrogen-bond donors (Lipinski definition) is 2. The topological polar surface area (TPSA) is 61.4 Å². The number of carbonyl (C=O) groups excluding carboxylic acids is 2. The third kappa shape index (κ3) is 4.72. The number of piperidine rings is 1. The van der Waals surface area contributed by atoms with Crippen LogP contribution in [0.3, 0.4) is 0 Å². The maximum absolute atomic E-state index is 13.1. The first-order valence-electron chi connectivity index (χ1n) is 7.66. The minimum absolute atomic E-state index is 0.0290. The fourth-order valence-electron chi connectivity index (χ4n) is 2.57. The van der Waals surface area contributed by atoms with Crippen LogP contribution in [-0.2, 0) is 4.79 Å². The van der Waals surface area contributed by atoms with Crippen molar-refractivity contribution in [1.82, 2.24) is 10.2 Å². The predicted molar refractivity (Wildman–Crippen MR) is 83.0 cm³/mol. The Hall–Kier alpha value is -2.11. The van der Waals surface area contributed by atoms with Gasteiger partial charge in [0, 0.05) is 31.7 Å². The van der Waals surface area contributed by atoms with Crippen LogP contribution in [-0.4, -0.2) is 36.5 Å². The largest absolute Gasteiger partial charge is 0.356 e. The molecule has 1 aliphatic rings. The second-order valence-corrected chi connectivity index (χ2v) is 5.55. The Morgan fingerprint density at radius 3 is 2.95 bits per heavy atom. The number of benzene rings is 1. The van der Waals surface area contributed by atoms with Crippen molar-refractivity contribution in [3.05, 3.63) is 30.1 Å². The number of carbonyl (C=O) groups is 2. The molecule has 1 atom stereocenters. The molecule has 2 N–H and O–H groups in total. The first kappa shape index (κ1) is 16.3. The normalized spacial score (nSPS) is 17.9. The molecular formula is C16H22FN3O2. The lowest BCUT2D eigenvalue weighted by Gasteiger charge is -2.32. The van der Waals surface area contributed by atoms with Crippen molar-refractivity contribution >= 4 is 17.6 Å². The van der Waals surface area contributed by atoms with Crippen molar-refractivity contribution in [2.75, 3.05) is 25.0 Å². The smallest absolute Gasteiger partial charge is 0.321 e. The summed E-state index contributed by atoms with van der Waals surface area (Å²) >= 11 is 0. The summed E-state index contributed by atoms with van der Waals surface area (Å²) in [5, 5.41) is 5.58. The maximum Gasteiger partial charge on any atom is 0.321 e. The molecule has 0 radical (unpaired) electrons. The van der Waals surface area contributed by atoms with Gasteiger partial charge >= 0.3 is 6.03 Å². The van der Waals surface area contributed by atoms with Crippen molar-refractivity contribution in [1.29, 1.82) is 0 Å². The van der Waals surface area contributed by atoms with Crippen LogP contribution in [0.25, 0.3) is 0 Å². The molecule has 1 aliphatic heterocycles. The second-order valence-electron chi connectivity index (χ2n) is 5.55. The summed E-state index contributed by atoms with van der Waals surface area (Å²) < 4.78 is 13.1. The minimum atomic E-state index is -0.378. The Balaban J connectivity index is 1.85. The van der Waals surface area contributed by atoms with E-state index in [0.29, 0.717) is 31.7 Å². The molecule has 0 spiro atoms. The Morgan fingerprint density at radius 1 is 1.41 bits per heavy atom. The van der Waals surface area contributed by atoms with Crippen LogP contribution in [0.4, 0.5) is 14.9 Å². The quantitative estimate of drug-likeness (QED) is 0.898. The molecule has 0 aliphatic carbocycles. The molecule has 3 amide bonds. The third-order valence-electron chi connectivity index (χ3n) is 3.79. The van der Waals surface area contributed by atoms with Gasteiger partial charge in [0.2, 0.25) is 5.91 Å². The molecule has 0 saturated carbocycles. The van der Waals surface area contributed by atoms with E-state index in [4.69, 9.17) is 0 Å². The van der Waals surface area contributed by atoms with Gasteiger partial charge in [-0.15, -0.1) is 0 Å². The summed E-state index contributed by atoms with van der Waals surface area (Å²) in [6.45, 7) is 3.69. The SMILES string of the molecule is CCC(=O)NCC1CCCN(C(=O)Nc2cccc(F)c2)C1. The van der Waals surface area contributed by atoms with Crippen LogP contribution >= 0.6 is 0 Å². The van der Waals surface area contributed by atoms with Gasteiger partial charge in [0.05, 0.1) is 0 Å². The molecule has 5 nitrogen and oxygen atoms in total. The van der Waals surface area contributed by atoms with Crippen LogP contribution < -0.4 is 10.6 Å². The Kier molecular flexibility index (Phi) is 5.75. The van der Waals surface area contributed by atoms with E-state index >= 15 is 0 Å². The van der Waals surface area contributed by atoms with Gasteiger partial charge in [0.15, 0.2) is 0 Å². The van der Waals surface area contributed by atoms with E-state index in [1.165, 1.54) is 12.1 Å². The van der Waals surface area contributed by atoms with E-state index in [2.05, 4.69) is 10.6 Å². The molecule has 1 aromatic rings. The lowest BCUT2D eigenvalue weighted by molar-refractivity contribution is -0.121. The highest BCUT2D eigenvalue weighted by atomic mass is 19.1. The molecule has 1 unspecified atom stereocenters. The molecule has 1 fully saturated rings. The predicted octanol–water partition coefficient (Wildman–Crippen LogP) is 2.60. The van der Waals surface area contributed by atoms with Gasteiger partial charge in [-0.2, -0.15) is 0 Å². The average molecular weight is 307 g/mol. The summed E-state index contributed by atoms with van der Waals surface area (Å²) in [5.41, 5.74) is 0.450. The van der Waals surface area contributed by atoms with Gasteiger partial charge in [-0.25, -0.2) is 9.18 Å². The number of nitrogens with one attached hydrogen (secondary N) is 2. The fourth-order valence-corrected chi connectivity index (χ4v) is 2.57. The molecule has 120 valence electrons. The number of urea groups is 1. The van der Waals surface area contributed by atoms with Crippen LogP contribution in [0.1, 0.15) is 26.2 Å². The molecule has 22 heavy (non-hydrogen) atoms. The molecule has 1 saturated heterocycles. The highest BCUT2D eigenvalue weighted by Crippen LogP contribution is 2.17. The highest BCUT2D eigenvalue weighted by molar-refractivity contribution is 5.89. The number of anilines is 1. The van der Waals surface area contributed by atoms with E-state index in [9.17, 15) is 14.0 Å². The molecule has 0 aromatic heterocycles. The summed E-state index contributed by atoms with van der Waals surface area (Å²) in [5.74, 6) is -0.0829. The summed E-state index contributed by atoms with van der Waals surface area (Å²) in [6.07, 6.45) is 2.37. The number of halogens is 1. The van der Waals surface area contributed by atoms with Gasteiger partial charge in [-0.05, 0) is 37.0 Å². The van der Waals surface area contributed by atoms with Gasteiger partial charge in [0.25, 0.3) is 0 Å². The van der Waals surface area contributed by atoms with E-state index < -0.39 is 0 Å². The number of amides is 3. The number of nitrogens with zero attached hydrogens (tertiary/aromatic N) is 1.